The first-order valence-electron chi connectivity index (χ1n) is 8.77. The number of hydrogen-bond acceptors (Lipinski definition) is 5. The zero-order valence-electron chi connectivity index (χ0n) is 15.5. The van der Waals surface area contributed by atoms with Crippen molar-refractivity contribution in [1.82, 2.24) is 16.0 Å². The van der Waals surface area contributed by atoms with Gasteiger partial charge < -0.3 is 21.3 Å². The van der Waals surface area contributed by atoms with Crippen LogP contribution in [-0.4, -0.2) is 36.5 Å². The van der Waals surface area contributed by atoms with Crippen LogP contribution in [0.1, 0.15) is 11.1 Å². The van der Waals surface area contributed by atoms with Crippen molar-refractivity contribution in [3.8, 4) is 0 Å². The summed E-state index contributed by atoms with van der Waals surface area (Å²) in [6, 6.07) is 13.6. The molecule has 3 amide bonds. The summed E-state index contributed by atoms with van der Waals surface area (Å²) in [4.78, 5) is 33.9. The number of para-hydroxylation sites is 2. The minimum absolute atomic E-state index is 0.0271. The molecule has 0 saturated carbocycles. The van der Waals surface area contributed by atoms with Crippen LogP contribution in [0.4, 0.5) is 16.2 Å². The maximum atomic E-state index is 11.8. The van der Waals surface area contributed by atoms with E-state index in [4.69, 9.17) is 0 Å². The molecule has 2 rings (SSSR count). The molecule has 0 bridgehead atoms. The molecule has 0 aliphatic carbocycles. The first-order valence-corrected chi connectivity index (χ1v) is 8.77. The molecular weight excluding hydrogens is 362 g/mol. The van der Waals surface area contributed by atoms with Gasteiger partial charge in [-0.25, -0.2) is 4.79 Å². The quantitative estimate of drug-likeness (QED) is 0.298. The minimum Gasteiger partial charge on any atom is -0.378 e. The van der Waals surface area contributed by atoms with Gasteiger partial charge in [0.25, 0.3) is 5.69 Å². The second-order valence-corrected chi connectivity index (χ2v) is 6.07. The van der Waals surface area contributed by atoms with E-state index in [1.54, 1.807) is 18.2 Å². The van der Waals surface area contributed by atoms with Gasteiger partial charge in [-0.05, 0) is 18.6 Å². The van der Waals surface area contributed by atoms with E-state index >= 15 is 0 Å². The van der Waals surface area contributed by atoms with Crippen LogP contribution in [-0.2, 0) is 11.3 Å². The summed E-state index contributed by atoms with van der Waals surface area (Å²) in [5.41, 5.74) is 2.46. The van der Waals surface area contributed by atoms with Crippen LogP contribution in [0.25, 0.3) is 0 Å². The Hall–Kier alpha value is -3.62. The number of nitro groups is 1. The van der Waals surface area contributed by atoms with Gasteiger partial charge in [0.2, 0.25) is 5.91 Å². The summed E-state index contributed by atoms with van der Waals surface area (Å²) < 4.78 is 0. The van der Waals surface area contributed by atoms with Gasteiger partial charge in [-0.1, -0.05) is 42.0 Å². The molecule has 9 nitrogen and oxygen atoms in total. The summed E-state index contributed by atoms with van der Waals surface area (Å²) in [7, 11) is 0. The number of benzene rings is 2. The van der Waals surface area contributed by atoms with Crippen LogP contribution in [0.2, 0.25) is 0 Å². The summed E-state index contributed by atoms with van der Waals surface area (Å²) >= 11 is 0. The highest BCUT2D eigenvalue weighted by Gasteiger charge is 2.11. The van der Waals surface area contributed by atoms with Crippen LogP contribution >= 0.6 is 0 Å². The van der Waals surface area contributed by atoms with Crippen LogP contribution in [0.15, 0.2) is 48.5 Å². The number of carbonyl (C=O) groups excluding carboxylic acids is 2. The molecule has 0 saturated heterocycles. The van der Waals surface area contributed by atoms with E-state index < -0.39 is 11.0 Å². The van der Waals surface area contributed by atoms with Crippen molar-refractivity contribution in [2.75, 3.05) is 25.0 Å². The fraction of sp³-hybridized carbons (Fsp3) is 0.263. The lowest BCUT2D eigenvalue weighted by molar-refractivity contribution is -0.384. The highest BCUT2D eigenvalue weighted by molar-refractivity contribution is 5.83. The zero-order chi connectivity index (χ0) is 20.4. The maximum Gasteiger partial charge on any atom is 0.315 e. The number of rotatable bonds is 9. The second-order valence-electron chi connectivity index (χ2n) is 6.07. The second kappa shape index (κ2) is 10.5. The fourth-order valence-electron chi connectivity index (χ4n) is 2.36. The van der Waals surface area contributed by atoms with E-state index in [-0.39, 0.29) is 24.7 Å². The van der Waals surface area contributed by atoms with Crippen LogP contribution < -0.4 is 21.3 Å². The largest absolute Gasteiger partial charge is 0.378 e. The Morgan fingerprint density at radius 1 is 0.964 bits per heavy atom. The van der Waals surface area contributed by atoms with Crippen molar-refractivity contribution in [2.24, 2.45) is 0 Å². The number of anilines is 1. The van der Waals surface area contributed by atoms with Crippen molar-refractivity contribution < 1.29 is 14.5 Å². The molecule has 0 fully saturated rings. The van der Waals surface area contributed by atoms with E-state index in [9.17, 15) is 19.7 Å². The first kappa shape index (κ1) is 20.7. The Morgan fingerprint density at radius 2 is 1.68 bits per heavy atom. The third kappa shape index (κ3) is 6.94. The first-order chi connectivity index (χ1) is 13.5. The summed E-state index contributed by atoms with van der Waals surface area (Å²) in [5.74, 6) is -0.352. The lowest BCUT2D eigenvalue weighted by atomic mass is 10.1. The molecule has 4 N–H and O–H groups in total. The van der Waals surface area contributed by atoms with Gasteiger partial charge in [-0.15, -0.1) is 0 Å². The molecule has 9 heteroatoms. The Bertz CT molecular complexity index is 823. The van der Waals surface area contributed by atoms with Crippen molar-refractivity contribution in [3.05, 3.63) is 69.8 Å². The van der Waals surface area contributed by atoms with Crippen molar-refractivity contribution >= 4 is 23.3 Å². The van der Waals surface area contributed by atoms with Gasteiger partial charge in [-0.3, -0.25) is 14.9 Å². The Labute approximate surface area is 162 Å². The number of urea groups is 1. The van der Waals surface area contributed by atoms with Gasteiger partial charge in [0.05, 0.1) is 11.5 Å². The molecule has 0 radical (unpaired) electrons. The lowest BCUT2D eigenvalue weighted by Crippen LogP contribution is -2.42. The SMILES string of the molecule is Cc1ccc(CNC(=O)NCC(=O)NCCNc2ccccc2[N+](=O)[O-])cc1. The van der Waals surface area contributed by atoms with Crippen molar-refractivity contribution in [2.45, 2.75) is 13.5 Å². The number of aryl methyl sites for hydroxylation is 1. The Kier molecular flexibility index (Phi) is 7.77. The molecule has 2 aromatic rings. The molecule has 2 aromatic carbocycles. The fourth-order valence-corrected chi connectivity index (χ4v) is 2.36. The number of hydrogen-bond donors (Lipinski definition) is 4. The summed E-state index contributed by atoms with van der Waals surface area (Å²) in [6.45, 7) is 2.77. The molecule has 148 valence electrons. The van der Waals surface area contributed by atoms with E-state index in [1.165, 1.54) is 6.07 Å². The standard InChI is InChI=1S/C19H23N5O4/c1-14-6-8-15(9-7-14)12-22-19(26)23-13-18(25)21-11-10-20-16-4-2-3-5-17(16)24(27)28/h2-9,20H,10-13H2,1H3,(H,21,25)(H2,22,23,26). The predicted octanol–water partition coefficient (Wildman–Crippen LogP) is 1.93. The minimum atomic E-state index is -0.472. The smallest absolute Gasteiger partial charge is 0.315 e. The van der Waals surface area contributed by atoms with E-state index in [1.807, 2.05) is 31.2 Å². The number of nitrogens with one attached hydrogen (secondary N) is 4. The van der Waals surface area contributed by atoms with Gasteiger partial charge in [0.1, 0.15) is 5.69 Å². The zero-order valence-corrected chi connectivity index (χ0v) is 15.5. The van der Waals surface area contributed by atoms with Gasteiger partial charge in [0, 0.05) is 25.7 Å². The van der Waals surface area contributed by atoms with Gasteiger partial charge >= 0.3 is 6.03 Å². The lowest BCUT2D eigenvalue weighted by Gasteiger charge is -2.10. The number of carbonyl (C=O) groups is 2. The molecule has 0 unspecified atom stereocenters. The van der Waals surface area contributed by atoms with Crippen LogP contribution in [0.3, 0.4) is 0 Å². The van der Waals surface area contributed by atoms with Gasteiger partial charge in [-0.2, -0.15) is 0 Å². The Balaban J connectivity index is 1.61. The highest BCUT2D eigenvalue weighted by Crippen LogP contribution is 2.22. The van der Waals surface area contributed by atoms with Gasteiger partial charge in [0.15, 0.2) is 0 Å². The molecule has 0 aliphatic rings. The predicted molar refractivity (Wildman–Crippen MR) is 106 cm³/mol. The van der Waals surface area contributed by atoms with E-state index in [0.29, 0.717) is 18.8 Å². The monoisotopic (exact) mass is 385 g/mol. The Morgan fingerprint density at radius 3 is 2.39 bits per heavy atom. The average Bonchev–Trinajstić information content (AvgIpc) is 2.69. The van der Waals surface area contributed by atoms with Crippen molar-refractivity contribution in [1.29, 1.82) is 0 Å². The molecular formula is C19H23N5O4. The summed E-state index contributed by atoms with van der Waals surface area (Å²) in [5, 5.41) is 21.6. The molecule has 28 heavy (non-hydrogen) atoms. The van der Waals surface area contributed by atoms with E-state index in [2.05, 4.69) is 21.3 Å². The normalized spacial score (nSPS) is 10.0. The number of amides is 3. The van der Waals surface area contributed by atoms with Crippen LogP contribution in [0, 0.1) is 17.0 Å². The number of nitro benzene ring substituents is 1. The highest BCUT2D eigenvalue weighted by atomic mass is 16.6. The number of nitrogens with zero attached hydrogens (tertiary/aromatic N) is 1. The summed E-state index contributed by atoms with van der Waals surface area (Å²) in [6.07, 6.45) is 0. The molecule has 0 heterocycles. The van der Waals surface area contributed by atoms with E-state index in [0.717, 1.165) is 11.1 Å². The molecule has 0 spiro atoms. The third-order valence-electron chi connectivity index (χ3n) is 3.85. The maximum absolute atomic E-state index is 11.8. The topological polar surface area (TPSA) is 125 Å². The van der Waals surface area contributed by atoms with Crippen LogP contribution in [0.5, 0.6) is 0 Å². The van der Waals surface area contributed by atoms with Crippen molar-refractivity contribution in [3.63, 3.8) is 0 Å². The third-order valence-corrected chi connectivity index (χ3v) is 3.85. The average molecular weight is 385 g/mol. The molecule has 0 atom stereocenters. The molecule has 0 aromatic heterocycles. The molecule has 0 aliphatic heterocycles.